The second kappa shape index (κ2) is 22.9. The van der Waals surface area contributed by atoms with Crippen molar-refractivity contribution in [3.05, 3.63) is 94.3 Å². The molecule has 7 aliphatic rings. The highest BCUT2D eigenvalue weighted by Gasteiger charge is 2.66. The smallest absolute Gasteiger partial charge is 0.355 e. The van der Waals surface area contributed by atoms with Gasteiger partial charge in [0.25, 0.3) is 11.8 Å². The Hall–Kier alpha value is -7.16. The predicted octanol–water partition coefficient (Wildman–Crippen LogP) is 9.96. The summed E-state index contributed by atoms with van der Waals surface area (Å²) in [4.78, 5) is 83.4. The minimum atomic E-state index is -1.15. The third-order valence-electron chi connectivity index (χ3n) is 17.9. The molecule has 4 aliphatic carbocycles. The number of nitrogens with two attached hydrogens (primary N) is 1. The number of carboxylic acid groups (broad SMARTS) is 1. The van der Waals surface area contributed by atoms with Gasteiger partial charge < -0.3 is 35.4 Å². The number of pyridine rings is 1. The summed E-state index contributed by atoms with van der Waals surface area (Å²) < 4.78 is 14.1. The quantitative estimate of drug-likeness (QED) is 0.0270. The molecule has 5 fully saturated rings. The molecular weight excluding hydrogens is 1060 g/mol. The van der Waals surface area contributed by atoms with Gasteiger partial charge in [-0.15, -0.1) is 10.2 Å². The van der Waals surface area contributed by atoms with Crippen molar-refractivity contribution in [2.24, 2.45) is 27.0 Å². The molecule has 4 amide bonds. The van der Waals surface area contributed by atoms with Crippen LogP contribution in [0.3, 0.4) is 0 Å². The molecule has 3 atom stereocenters. The van der Waals surface area contributed by atoms with Crippen molar-refractivity contribution in [2.75, 3.05) is 56.7 Å². The van der Waals surface area contributed by atoms with Crippen molar-refractivity contribution < 1.29 is 38.6 Å². The van der Waals surface area contributed by atoms with Crippen LogP contribution in [0.5, 0.6) is 5.75 Å². The van der Waals surface area contributed by atoms with Gasteiger partial charge in [-0.25, -0.2) is 14.8 Å². The minimum absolute atomic E-state index is 0.0489. The van der Waals surface area contributed by atoms with Crippen LogP contribution in [-0.4, -0.2) is 128 Å². The standard InChI is InChI=1S/C62H75N11O8S/c1-38-41-15-14-25-72(53(41)70-69-52(38)68-58-65-46-16-10-11-17-48(46)82-58)49-22-20-42(51(66-49)57(78)79)45(30-63)39(2)64-37-61-32-59(3)31-60(4,33-61)35-62(34-59,36-61)81-28-26-71(5)24-12-8-6-7-9-13-27-80-40-18-19-43-44(29-40)56(77)73(55(43)76)47-21-23-50(74)67-54(47)75/h10-11,16-20,22,29-30,47H,6-9,12-15,21,23-28,31-37,63H2,1-5H3,(H,78,79)(H,65,68,69)(H,67,74,75)/b45-30+,64-39?. The van der Waals surface area contributed by atoms with Crippen LogP contribution in [0.1, 0.15) is 165 Å². The number of aromatic nitrogens is 4. The Kier molecular flexibility index (Phi) is 15.8. The monoisotopic (exact) mass is 1130 g/mol. The maximum atomic E-state index is 13.2. The van der Waals surface area contributed by atoms with Crippen LogP contribution in [0.4, 0.5) is 22.6 Å². The normalized spacial score (nSPS) is 25.1. The summed E-state index contributed by atoms with van der Waals surface area (Å²) in [6.45, 7) is 13.1. The van der Waals surface area contributed by atoms with E-state index in [1.807, 2.05) is 49.1 Å². The zero-order valence-electron chi connectivity index (χ0n) is 47.8. The maximum absolute atomic E-state index is 13.2. The SMILES string of the molecule is CC(=NCC12CC3(C)CC(C)(C1)CC(OCCN(C)CCCCCCCCOc1ccc4c(c1)C(=O)N(C1CCC(=O)NC1=O)C4=O)(C3)C2)/C(=C\N)c1ccc(N2CCCc3c2nnc(Nc2nc4ccccc4s2)c3C)nc1C(=O)O. The number of fused-ring (bicyclic) bond motifs is 3. The summed E-state index contributed by atoms with van der Waals surface area (Å²) in [6.07, 6.45) is 16.0. The first-order chi connectivity index (χ1) is 39.4. The Bertz CT molecular complexity index is 3360. The number of imide groups is 2. The number of piperidine rings is 1. The lowest BCUT2D eigenvalue weighted by atomic mass is 9.39. The number of carbonyl (C=O) groups is 5. The third-order valence-corrected chi connectivity index (χ3v) is 18.9. The summed E-state index contributed by atoms with van der Waals surface area (Å²) in [6, 6.07) is 15.5. The van der Waals surface area contributed by atoms with Crippen molar-refractivity contribution in [3.8, 4) is 5.75 Å². The minimum Gasteiger partial charge on any atom is -0.494 e. The average molecular weight is 1130 g/mol. The lowest BCUT2D eigenvalue weighted by Gasteiger charge is -2.69. The van der Waals surface area contributed by atoms with Crippen molar-refractivity contribution in [1.29, 1.82) is 0 Å². The maximum Gasteiger partial charge on any atom is 0.355 e. The van der Waals surface area contributed by atoms with Crippen molar-refractivity contribution in [1.82, 2.24) is 35.3 Å². The third kappa shape index (κ3) is 11.5. The fraction of sp³-hybridized carbons (Fsp3) is 0.516. The molecule has 19 nitrogen and oxygen atoms in total. The molecule has 3 aromatic heterocycles. The molecule has 5 aromatic rings. The van der Waals surface area contributed by atoms with Gasteiger partial charge in [-0.3, -0.25) is 34.4 Å². The number of aromatic carboxylic acids is 1. The molecule has 0 radical (unpaired) electrons. The highest BCUT2D eigenvalue weighted by atomic mass is 32.1. The number of ether oxygens (including phenoxy) is 2. The fourth-order valence-corrected chi connectivity index (χ4v) is 16.2. The molecule has 5 N–H and O–H groups in total. The number of anilines is 4. The van der Waals surface area contributed by atoms with Crippen LogP contribution in [0, 0.1) is 23.2 Å². The number of hydrogen-bond acceptors (Lipinski definition) is 17. The molecule has 4 bridgehead atoms. The number of benzene rings is 2. The summed E-state index contributed by atoms with van der Waals surface area (Å²) in [7, 11) is 2.18. The Morgan fingerprint density at radius 2 is 1.66 bits per heavy atom. The summed E-state index contributed by atoms with van der Waals surface area (Å²) in [5.74, 6) is -0.963. The molecule has 3 unspecified atom stereocenters. The van der Waals surface area contributed by atoms with E-state index in [1.165, 1.54) is 12.6 Å². The van der Waals surface area contributed by atoms with E-state index in [0.717, 1.165) is 128 Å². The predicted molar refractivity (Wildman–Crippen MR) is 315 cm³/mol. The largest absolute Gasteiger partial charge is 0.494 e. The number of likely N-dealkylation sites (N-methyl/N-ethyl adjacent to an activating group) is 1. The Morgan fingerprint density at radius 3 is 2.41 bits per heavy atom. The number of nitrogens with zero attached hydrogens (tertiary/aromatic N) is 8. The van der Waals surface area contributed by atoms with E-state index in [2.05, 4.69) is 46.6 Å². The van der Waals surface area contributed by atoms with Gasteiger partial charge >= 0.3 is 5.97 Å². The molecule has 432 valence electrons. The number of allylic oxidation sites excluding steroid dienone is 1. The number of carboxylic acids is 1. The number of carbonyl (C=O) groups excluding carboxylic acids is 4. The van der Waals surface area contributed by atoms with Crippen LogP contribution in [-0.2, 0) is 20.7 Å². The number of thiazole rings is 1. The second-order valence-electron chi connectivity index (χ2n) is 24.8. The van der Waals surface area contributed by atoms with Gasteiger partial charge in [0.2, 0.25) is 11.8 Å². The van der Waals surface area contributed by atoms with E-state index in [0.29, 0.717) is 66.4 Å². The Balaban J connectivity index is 0.645. The van der Waals surface area contributed by atoms with Crippen LogP contribution < -0.4 is 26.0 Å². The van der Waals surface area contributed by atoms with Crippen LogP contribution in [0.15, 0.2) is 65.8 Å². The van der Waals surface area contributed by atoms with E-state index in [9.17, 15) is 29.1 Å². The first-order valence-electron chi connectivity index (χ1n) is 29.1. The van der Waals surface area contributed by atoms with E-state index in [-0.39, 0.29) is 51.5 Å². The molecule has 1 saturated heterocycles. The summed E-state index contributed by atoms with van der Waals surface area (Å²) in [5, 5.41) is 26.3. The number of aliphatic imine (C=N–C) groups is 1. The topological polar surface area (TPSA) is 248 Å². The highest BCUT2D eigenvalue weighted by molar-refractivity contribution is 7.22. The van der Waals surface area contributed by atoms with E-state index in [1.54, 1.807) is 35.6 Å². The van der Waals surface area contributed by atoms with E-state index in [4.69, 9.17) is 30.2 Å². The van der Waals surface area contributed by atoms with Crippen molar-refractivity contribution >= 4 is 85.0 Å². The van der Waals surface area contributed by atoms with Gasteiger partial charge in [0.15, 0.2) is 22.5 Å². The second-order valence-corrected chi connectivity index (χ2v) is 25.9. The molecule has 82 heavy (non-hydrogen) atoms. The van der Waals surface area contributed by atoms with Gasteiger partial charge in [0.05, 0.1) is 40.2 Å². The zero-order chi connectivity index (χ0) is 57.6. The number of para-hydroxylation sites is 1. The van der Waals surface area contributed by atoms with E-state index >= 15 is 0 Å². The molecular formula is C62H75N11O8S. The highest BCUT2D eigenvalue weighted by Crippen LogP contribution is 2.71. The molecule has 20 heteroatoms. The number of hydrogen-bond donors (Lipinski definition) is 4. The summed E-state index contributed by atoms with van der Waals surface area (Å²) in [5.41, 5.74) is 11.3. The molecule has 4 saturated carbocycles. The number of rotatable bonds is 23. The lowest BCUT2D eigenvalue weighted by Crippen LogP contribution is -2.64. The zero-order valence-corrected chi connectivity index (χ0v) is 48.6. The lowest BCUT2D eigenvalue weighted by molar-refractivity contribution is -0.242. The number of amides is 4. The van der Waals surface area contributed by atoms with Gasteiger partial charge in [-0.05, 0) is 157 Å². The van der Waals surface area contributed by atoms with Gasteiger partial charge in [-0.2, -0.15) is 0 Å². The van der Waals surface area contributed by atoms with Gasteiger partial charge in [0.1, 0.15) is 17.6 Å². The molecule has 12 rings (SSSR count). The van der Waals surface area contributed by atoms with E-state index < -0.39 is 35.6 Å². The first-order valence-corrected chi connectivity index (χ1v) is 29.9. The van der Waals surface area contributed by atoms with Crippen molar-refractivity contribution in [3.63, 3.8) is 0 Å². The van der Waals surface area contributed by atoms with Gasteiger partial charge in [0, 0.05) is 60.2 Å². The Morgan fingerprint density at radius 1 is 0.902 bits per heavy atom. The fourth-order valence-electron chi connectivity index (χ4n) is 15.3. The molecule has 3 aliphatic heterocycles. The number of nitrogens with one attached hydrogen (secondary N) is 2. The van der Waals surface area contributed by atoms with Crippen molar-refractivity contribution in [2.45, 2.75) is 142 Å². The van der Waals surface area contributed by atoms with Gasteiger partial charge in [-0.1, -0.05) is 63.0 Å². The summed E-state index contributed by atoms with van der Waals surface area (Å²) >= 11 is 1.56. The average Bonchev–Trinajstić information content (AvgIpc) is 1.29. The van der Waals surface area contributed by atoms with Crippen LogP contribution in [0.25, 0.3) is 15.8 Å². The number of unbranched alkanes of at least 4 members (excludes halogenated alkanes) is 5. The molecule has 0 spiro atoms. The van der Waals surface area contributed by atoms with Crippen LogP contribution in [0.2, 0.25) is 0 Å². The van der Waals surface area contributed by atoms with Crippen LogP contribution >= 0.6 is 11.3 Å². The molecule has 2 aromatic carbocycles. The Labute approximate surface area is 482 Å². The molecule has 6 heterocycles. The first kappa shape index (κ1) is 56.7.